The van der Waals surface area contributed by atoms with E-state index in [9.17, 15) is 5.11 Å². The van der Waals surface area contributed by atoms with E-state index in [1.165, 1.54) is 0 Å². The van der Waals surface area contributed by atoms with Crippen LogP contribution in [0, 0.1) is 0 Å². The lowest BCUT2D eigenvalue weighted by atomic mass is 10.0. The molecule has 1 saturated heterocycles. The average Bonchev–Trinajstić information content (AvgIpc) is 2.54. The predicted octanol–water partition coefficient (Wildman–Crippen LogP) is 0.848. The van der Waals surface area contributed by atoms with Crippen molar-refractivity contribution in [2.24, 2.45) is 0 Å². The lowest BCUT2D eigenvalue weighted by molar-refractivity contribution is 0.0443. The Kier molecular flexibility index (Phi) is 6.41. The van der Waals surface area contributed by atoms with Crippen molar-refractivity contribution in [3.63, 3.8) is 0 Å². The van der Waals surface area contributed by atoms with Crippen LogP contribution in [0.5, 0.6) is 0 Å². The molecule has 1 aliphatic rings. The monoisotopic (exact) mass is 244 g/mol. The van der Waals surface area contributed by atoms with Crippen molar-refractivity contribution in [2.75, 3.05) is 39.4 Å². The van der Waals surface area contributed by atoms with Crippen LogP contribution in [0.1, 0.15) is 33.6 Å². The van der Waals surface area contributed by atoms with Gasteiger partial charge in [0.05, 0.1) is 18.2 Å². The number of hydrogen-bond donors (Lipinski definition) is 2. The van der Waals surface area contributed by atoms with Crippen molar-refractivity contribution in [3.8, 4) is 0 Å². The van der Waals surface area contributed by atoms with Crippen molar-refractivity contribution in [1.29, 1.82) is 0 Å². The Morgan fingerprint density at radius 1 is 1.47 bits per heavy atom. The second-order valence-corrected chi connectivity index (χ2v) is 5.24. The van der Waals surface area contributed by atoms with Gasteiger partial charge in [0.2, 0.25) is 0 Å². The fourth-order valence-electron chi connectivity index (χ4n) is 2.44. The zero-order chi connectivity index (χ0) is 12.7. The summed E-state index contributed by atoms with van der Waals surface area (Å²) in [4.78, 5) is 2.42. The van der Waals surface area contributed by atoms with Gasteiger partial charge in [-0.15, -0.1) is 0 Å². The SMILES string of the molecule is CCNC(C)(CO)CN1CCCOC(CC)C1. The maximum absolute atomic E-state index is 9.52. The van der Waals surface area contributed by atoms with Crippen LogP contribution in [0.15, 0.2) is 0 Å². The molecule has 0 saturated carbocycles. The minimum absolute atomic E-state index is 0.176. The molecule has 1 rings (SSSR count). The molecule has 102 valence electrons. The summed E-state index contributed by atoms with van der Waals surface area (Å²) in [6.45, 7) is 11.2. The molecule has 0 aromatic rings. The predicted molar refractivity (Wildman–Crippen MR) is 70.3 cm³/mol. The second kappa shape index (κ2) is 7.31. The molecule has 1 fully saturated rings. The minimum Gasteiger partial charge on any atom is -0.394 e. The highest BCUT2D eigenvalue weighted by atomic mass is 16.5. The van der Waals surface area contributed by atoms with E-state index in [4.69, 9.17) is 4.74 Å². The minimum atomic E-state index is -0.197. The molecule has 2 N–H and O–H groups in total. The number of nitrogens with one attached hydrogen (secondary N) is 1. The van der Waals surface area contributed by atoms with Gasteiger partial charge in [0, 0.05) is 26.2 Å². The Bertz CT molecular complexity index is 214. The maximum Gasteiger partial charge on any atom is 0.0699 e. The zero-order valence-corrected chi connectivity index (χ0v) is 11.5. The lowest BCUT2D eigenvalue weighted by Crippen LogP contribution is -2.54. The van der Waals surface area contributed by atoms with Gasteiger partial charge in [0.25, 0.3) is 0 Å². The van der Waals surface area contributed by atoms with Gasteiger partial charge in [-0.25, -0.2) is 0 Å². The second-order valence-electron chi connectivity index (χ2n) is 5.24. The van der Waals surface area contributed by atoms with Crippen LogP contribution in [0.3, 0.4) is 0 Å². The van der Waals surface area contributed by atoms with Gasteiger partial charge >= 0.3 is 0 Å². The van der Waals surface area contributed by atoms with E-state index >= 15 is 0 Å². The molecule has 1 heterocycles. The van der Waals surface area contributed by atoms with E-state index in [-0.39, 0.29) is 12.1 Å². The molecule has 2 atom stereocenters. The van der Waals surface area contributed by atoms with Crippen LogP contribution in [-0.2, 0) is 4.74 Å². The normalized spacial score (nSPS) is 26.5. The molecule has 0 aromatic heterocycles. The van der Waals surface area contributed by atoms with Crippen LogP contribution in [0.4, 0.5) is 0 Å². The first-order chi connectivity index (χ1) is 8.13. The number of likely N-dealkylation sites (N-methyl/N-ethyl adjacent to an activating group) is 1. The Labute approximate surface area is 105 Å². The summed E-state index contributed by atoms with van der Waals surface area (Å²) in [5, 5.41) is 12.9. The van der Waals surface area contributed by atoms with Gasteiger partial charge in [0.15, 0.2) is 0 Å². The molecule has 0 spiro atoms. The summed E-state index contributed by atoms with van der Waals surface area (Å²) < 4.78 is 5.77. The highest BCUT2D eigenvalue weighted by molar-refractivity contribution is 4.87. The fourth-order valence-corrected chi connectivity index (χ4v) is 2.44. The van der Waals surface area contributed by atoms with E-state index in [0.717, 1.165) is 45.6 Å². The molecule has 0 radical (unpaired) electrons. The molecule has 4 nitrogen and oxygen atoms in total. The van der Waals surface area contributed by atoms with Crippen LogP contribution in [-0.4, -0.2) is 61.0 Å². The molecule has 4 heteroatoms. The van der Waals surface area contributed by atoms with Crippen molar-refractivity contribution < 1.29 is 9.84 Å². The Balaban J connectivity index is 2.52. The first-order valence-electron chi connectivity index (χ1n) is 6.83. The molecule has 0 aromatic carbocycles. The van der Waals surface area contributed by atoms with Gasteiger partial charge in [-0.1, -0.05) is 13.8 Å². The van der Waals surface area contributed by atoms with Gasteiger partial charge in [-0.3, -0.25) is 4.90 Å². The summed E-state index contributed by atoms with van der Waals surface area (Å²) in [5.41, 5.74) is -0.197. The van der Waals surface area contributed by atoms with Gasteiger partial charge in [0.1, 0.15) is 0 Å². The van der Waals surface area contributed by atoms with E-state index in [1.54, 1.807) is 0 Å². The molecule has 1 aliphatic heterocycles. The molecule has 2 unspecified atom stereocenters. The summed E-state index contributed by atoms with van der Waals surface area (Å²) in [5.74, 6) is 0. The number of nitrogens with zero attached hydrogens (tertiary/aromatic N) is 1. The van der Waals surface area contributed by atoms with Crippen molar-refractivity contribution in [2.45, 2.75) is 45.3 Å². The van der Waals surface area contributed by atoms with Crippen LogP contribution >= 0.6 is 0 Å². The summed E-state index contributed by atoms with van der Waals surface area (Å²) in [6.07, 6.45) is 2.50. The molecule has 17 heavy (non-hydrogen) atoms. The standard InChI is InChI=1S/C13H28N2O2/c1-4-12-9-15(7-6-8-17-12)10-13(3,11-16)14-5-2/h12,14,16H,4-11H2,1-3H3. The number of aliphatic hydroxyl groups is 1. The zero-order valence-electron chi connectivity index (χ0n) is 11.5. The van der Waals surface area contributed by atoms with Gasteiger partial charge in [-0.05, 0) is 26.3 Å². The van der Waals surface area contributed by atoms with E-state index in [0.29, 0.717) is 6.10 Å². The first-order valence-corrected chi connectivity index (χ1v) is 6.83. The topological polar surface area (TPSA) is 44.7 Å². The highest BCUT2D eigenvalue weighted by Gasteiger charge is 2.27. The van der Waals surface area contributed by atoms with E-state index < -0.39 is 0 Å². The Morgan fingerprint density at radius 2 is 2.24 bits per heavy atom. The Hall–Kier alpha value is -0.160. The van der Waals surface area contributed by atoms with Crippen molar-refractivity contribution in [1.82, 2.24) is 10.2 Å². The first kappa shape index (κ1) is 14.9. The number of aliphatic hydroxyl groups excluding tert-OH is 1. The summed E-state index contributed by atoms with van der Waals surface area (Å²) in [6, 6.07) is 0. The van der Waals surface area contributed by atoms with Gasteiger partial charge < -0.3 is 15.2 Å². The molecular formula is C13H28N2O2. The third kappa shape index (κ3) is 4.92. The third-order valence-electron chi connectivity index (χ3n) is 3.41. The quantitative estimate of drug-likeness (QED) is 0.727. The van der Waals surface area contributed by atoms with Crippen molar-refractivity contribution >= 4 is 0 Å². The number of ether oxygens (including phenoxy) is 1. The van der Waals surface area contributed by atoms with Crippen LogP contribution in [0.2, 0.25) is 0 Å². The van der Waals surface area contributed by atoms with Gasteiger partial charge in [-0.2, -0.15) is 0 Å². The largest absolute Gasteiger partial charge is 0.394 e. The average molecular weight is 244 g/mol. The Morgan fingerprint density at radius 3 is 2.82 bits per heavy atom. The fraction of sp³-hybridized carbons (Fsp3) is 1.00. The molecule has 0 aliphatic carbocycles. The smallest absolute Gasteiger partial charge is 0.0699 e. The third-order valence-corrected chi connectivity index (χ3v) is 3.41. The van der Waals surface area contributed by atoms with Crippen molar-refractivity contribution in [3.05, 3.63) is 0 Å². The molecule has 0 amide bonds. The highest BCUT2D eigenvalue weighted by Crippen LogP contribution is 2.13. The van der Waals surface area contributed by atoms with E-state index in [2.05, 4.69) is 31.0 Å². The molecule has 0 bridgehead atoms. The van der Waals surface area contributed by atoms with Crippen LogP contribution in [0.25, 0.3) is 0 Å². The summed E-state index contributed by atoms with van der Waals surface area (Å²) in [7, 11) is 0. The maximum atomic E-state index is 9.52. The number of rotatable bonds is 6. The van der Waals surface area contributed by atoms with E-state index in [1.807, 2.05) is 0 Å². The van der Waals surface area contributed by atoms with Crippen LogP contribution < -0.4 is 5.32 Å². The lowest BCUT2D eigenvalue weighted by Gasteiger charge is -2.35. The summed E-state index contributed by atoms with van der Waals surface area (Å²) >= 11 is 0. The number of hydrogen-bond acceptors (Lipinski definition) is 4. The molecular weight excluding hydrogens is 216 g/mol.